The molecule has 0 bridgehead atoms. The Bertz CT molecular complexity index is 2470. The van der Waals surface area contributed by atoms with Crippen molar-refractivity contribution < 1.29 is 52.3 Å². The van der Waals surface area contributed by atoms with Crippen LogP contribution in [0.1, 0.15) is 43.9 Å². The van der Waals surface area contributed by atoms with Crippen LogP contribution in [0.2, 0.25) is 0 Å². The van der Waals surface area contributed by atoms with Crippen molar-refractivity contribution in [3.05, 3.63) is 124 Å². The Morgan fingerprint density at radius 3 is 2.20 bits per heavy atom. The lowest BCUT2D eigenvalue weighted by molar-refractivity contribution is -0.384. The van der Waals surface area contributed by atoms with Crippen LogP contribution < -0.4 is 16.0 Å². The number of anilines is 1. The zero-order valence-corrected chi connectivity index (χ0v) is 32.4. The van der Waals surface area contributed by atoms with E-state index < -0.39 is 40.5 Å². The van der Waals surface area contributed by atoms with Crippen molar-refractivity contribution in [2.45, 2.75) is 18.9 Å². The van der Waals surface area contributed by atoms with E-state index in [1.54, 1.807) is 42.7 Å². The zero-order chi connectivity index (χ0) is 42.9. The number of benzene rings is 3. The monoisotopic (exact) mass is 830 g/mol. The van der Waals surface area contributed by atoms with Gasteiger partial charge in [-0.05, 0) is 84.3 Å². The number of hydrogen-bond donors (Lipinski definition) is 3. The molecule has 6 amide bonds. The number of hydrogen-bond acceptors (Lipinski definition) is 13. The molecule has 61 heavy (non-hydrogen) atoms. The minimum Gasteiger partial charge on any atom is -0.463 e. The van der Waals surface area contributed by atoms with Gasteiger partial charge in [-0.1, -0.05) is 12.1 Å². The van der Waals surface area contributed by atoms with E-state index in [1.807, 2.05) is 24.3 Å². The van der Waals surface area contributed by atoms with Crippen LogP contribution in [0.15, 0.2) is 102 Å². The summed E-state index contributed by atoms with van der Waals surface area (Å²) in [6.45, 7) is 1.05. The molecule has 2 aliphatic rings. The lowest BCUT2D eigenvalue weighted by atomic mass is 10.00. The van der Waals surface area contributed by atoms with Crippen molar-refractivity contribution in [3.8, 4) is 33.8 Å². The molecule has 1 atom stereocenters. The first-order chi connectivity index (χ1) is 29.5. The van der Waals surface area contributed by atoms with E-state index >= 15 is 0 Å². The summed E-state index contributed by atoms with van der Waals surface area (Å²) in [5.41, 5.74) is 4.33. The van der Waals surface area contributed by atoms with E-state index in [0.717, 1.165) is 16.0 Å². The van der Waals surface area contributed by atoms with Gasteiger partial charge in [-0.3, -0.25) is 49.1 Å². The first kappa shape index (κ1) is 41.7. The van der Waals surface area contributed by atoms with Gasteiger partial charge in [0.05, 0.1) is 61.0 Å². The fourth-order valence-corrected chi connectivity index (χ4v) is 6.65. The predicted octanol–water partition coefficient (Wildman–Crippen LogP) is 4.40. The van der Waals surface area contributed by atoms with E-state index in [1.165, 1.54) is 30.3 Å². The van der Waals surface area contributed by atoms with Gasteiger partial charge in [0, 0.05) is 41.9 Å². The molecule has 0 saturated carbocycles. The molecule has 0 radical (unpaired) electrons. The van der Waals surface area contributed by atoms with Crippen LogP contribution in [0.4, 0.5) is 11.4 Å². The molecule has 4 heterocycles. The molecule has 2 aromatic heterocycles. The zero-order valence-electron chi connectivity index (χ0n) is 32.4. The molecule has 18 heteroatoms. The van der Waals surface area contributed by atoms with Crippen LogP contribution in [0.3, 0.4) is 0 Å². The number of nitro benzene ring substituents is 1. The van der Waals surface area contributed by atoms with Crippen molar-refractivity contribution in [1.82, 2.24) is 20.5 Å². The molecule has 0 spiro atoms. The summed E-state index contributed by atoms with van der Waals surface area (Å²) in [5.74, 6) is -2.71. The highest BCUT2D eigenvalue weighted by Crippen LogP contribution is 2.32. The van der Waals surface area contributed by atoms with Crippen molar-refractivity contribution >= 4 is 46.8 Å². The number of aromatic nitrogens is 1. The normalized spacial score (nSPS) is 14.8. The van der Waals surface area contributed by atoms with Gasteiger partial charge in [-0.25, -0.2) is 4.98 Å². The quantitative estimate of drug-likeness (QED) is 0.0481. The fraction of sp³-hybridized carbons (Fsp3) is 0.233. The largest absolute Gasteiger partial charge is 0.463 e. The Balaban J connectivity index is 0.779. The third-order valence-electron chi connectivity index (χ3n) is 9.69. The molecule has 1 saturated heterocycles. The van der Waals surface area contributed by atoms with Crippen LogP contribution in [0.5, 0.6) is 0 Å². The summed E-state index contributed by atoms with van der Waals surface area (Å²) in [7, 11) is 0. The van der Waals surface area contributed by atoms with Crippen LogP contribution >= 0.6 is 0 Å². The number of furan rings is 1. The lowest BCUT2D eigenvalue weighted by Gasteiger charge is -2.27. The molecule has 5 aromatic rings. The number of amides is 6. The number of nitro groups is 1. The number of imide groups is 2. The number of carbonyl (C=O) groups excluding carboxylic acids is 6. The first-order valence-electron chi connectivity index (χ1n) is 19.1. The van der Waals surface area contributed by atoms with Crippen LogP contribution in [0, 0.1) is 10.1 Å². The summed E-state index contributed by atoms with van der Waals surface area (Å²) in [4.78, 5) is 91.1. The maximum atomic E-state index is 13.0. The van der Waals surface area contributed by atoms with Crippen LogP contribution in [-0.2, 0) is 28.6 Å². The number of ether oxygens (including phenoxy) is 3. The highest BCUT2D eigenvalue weighted by atomic mass is 16.6. The van der Waals surface area contributed by atoms with Gasteiger partial charge in [-0.15, -0.1) is 0 Å². The summed E-state index contributed by atoms with van der Waals surface area (Å²) in [6.07, 6.45) is 1.60. The molecule has 3 aromatic carbocycles. The van der Waals surface area contributed by atoms with E-state index in [2.05, 4.69) is 16.0 Å². The molecular weight excluding hydrogens is 793 g/mol. The Morgan fingerprint density at radius 2 is 1.49 bits per heavy atom. The maximum absolute atomic E-state index is 13.0. The summed E-state index contributed by atoms with van der Waals surface area (Å²) in [5, 5.41) is 18.7. The van der Waals surface area contributed by atoms with E-state index in [0.29, 0.717) is 28.3 Å². The van der Waals surface area contributed by atoms with Crippen molar-refractivity contribution in [2.24, 2.45) is 0 Å². The number of nitrogens with zero attached hydrogens (tertiary/aromatic N) is 3. The van der Waals surface area contributed by atoms with Crippen molar-refractivity contribution in [3.63, 3.8) is 0 Å². The minimum atomic E-state index is -1.09. The highest BCUT2D eigenvalue weighted by Gasteiger charge is 2.44. The fourth-order valence-electron chi connectivity index (χ4n) is 6.65. The average molecular weight is 831 g/mol. The third kappa shape index (κ3) is 10.1. The lowest BCUT2D eigenvalue weighted by Crippen LogP contribution is -2.54. The Hall–Kier alpha value is -7.41. The molecule has 18 nitrogen and oxygen atoms in total. The van der Waals surface area contributed by atoms with Crippen molar-refractivity contribution in [2.75, 3.05) is 51.5 Å². The third-order valence-corrected chi connectivity index (χ3v) is 9.69. The molecule has 312 valence electrons. The number of carbonyl (C=O) groups is 6. The van der Waals surface area contributed by atoms with Gasteiger partial charge >= 0.3 is 0 Å². The molecular formula is C43H38N6O12. The van der Waals surface area contributed by atoms with Gasteiger partial charge < -0.3 is 29.3 Å². The standard InChI is InChI=1S/C43H38N6O12/c50-38-14-13-36(41(53)47-38)48-42(54)32-12-9-30(24-33(32)43(48)55)45-39(51)25-60-21-20-59-19-18-58-17-15-44-40(52)28-5-3-26(4-6-28)29-22-34(27-7-10-31(11-8-27)49(56)57)46-35(23-29)37-2-1-16-61-37/h1-12,16,22-24,36H,13-15,17-21,25H2,(H,44,52)(H,45,51)(H,47,50,53). The first-order valence-corrected chi connectivity index (χ1v) is 19.1. The second kappa shape index (κ2) is 19.1. The summed E-state index contributed by atoms with van der Waals surface area (Å²) < 4.78 is 22.0. The van der Waals surface area contributed by atoms with Crippen LogP contribution in [0.25, 0.3) is 33.8 Å². The number of nitrogens with one attached hydrogen (secondary N) is 3. The van der Waals surface area contributed by atoms with Crippen LogP contribution in [-0.4, -0.2) is 102 Å². The molecule has 2 aliphatic heterocycles. The predicted molar refractivity (Wildman–Crippen MR) is 216 cm³/mol. The topological polar surface area (TPSA) is 239 Å². The number of fused-ring (bicyclic) bond motifs is 1. The molecule has 3 N–H and O–H groups in total. The minimum absolute atomic E-state index is 0.00957. The van der Waals surface area contributed by atoms with Gasteiger partial charge in [0.1, 0.15) is 18.3 Å². The number of piperidine rings is 1. The van der Waals surface area contributed by atoms with Gasteiger partial charge in [0.15, 0.2) is 5.76 Å². The highest BCUT2D eigenvalue weighted by molar-refractivity contribution is 6.24. The van der Waals surface area contributed by atoms with Crippen molar-refractivity contribution in [1.29, 1.82) is 0 Å². The molecule has 1 fully saturated rings. The smallest absolute Gasteiger partial charge is 0.269 e. The van der Waals surface area contributed by atoms with Gasteiger partial charge in [0.2, 0.25) is 17.7 Å². The number of non-ortho nitro benzene ring substituents is 1. The molecule has 7 rings (SSSR count). The Morgan fingerprint density at radius 1 is 0.803 bits per heavy atom. The molecule has 1 unspecified atom stereocenters. The van der Waals surface area contributed by atoms with E-state index in [4.69, 9.17) is 23.6 Å². The Labute approximate surface area is 347 Å². The molecule has 0 aliphatic carbocycles. The SMILES string of the molecule is O=C1CCC(N2C(=O)c3ccc(NC(=O)COCCOCCOCCNC(=O)c4ccc(-c5cc(-c6ccc([N+](=O)[O-])cc6)nc(-c6ccco6)c5)cc4)cc3C2=O)C(=O)N1. The summed E-state index contributed by atoms with van der Waals surface area (Å²) >= 11 is 0. The second-order valence-corrected chi connectivity index (χ2v) is 13.8. The van der Waals surface area contributed by atoms with E-state index in [-0.39, 0.29) is 87.4 Å². The average Bonchev–Trinajstić information content (AvgIpc) is 3.89. The van der Waals surface area contributed by atoms with E-state index in [9.17, 15) is 38.9 Å². The summed E-state index contributed by atoms with van der Waals surface area (Å²) in [6, 6.07) is 23.6. The second-order valence-electron chi connectivity index (χ2n) is 13.8. The van der Waals surface area contributed by atoms with Gasteiger partial charge in [-0.2, -0.15) is 0 Å². The number of rotatable bonds is 18. The maximum Gasteiger partial charge on any atom is 0.269 e. The number of pyridine rings is 1. The van der Waals surface area contributed by atoms with Gasteiger partial charge in [0.25, 0.3) is 23.4 Å². The Kier molecular flexibility index (Phi) is 13.1.